The van der Waals surface area contributed by atoms with Gasteiger partial charge in [0.15, 0.2) is 0 Å². The molecule has 1 saturated carbocycles. The van der Waals surface area contributed by atoms with Crippen LogP contribution in [0.3, 0.4) is 0 Å². The van der Waals surface area contributed by atoms with Crippen molar-refractivity contribution < 1.29 is 4.74 Å². The molecule has 2 rings (SSSR count). The molecule has 0 radical (unpaired) electrons. The highest BCUT2D eigenvalue weighted by atomic mass is 79.9. The molecule has 3 heteroatoms. The Morgan fingerprint density at radius 1 is 1.33 bits per heavy atom. The highest BCUT2D eigenvalue weighted by Gasteiger charge is 2.14. The van der Waals surface area contributed by atoms with Crippen LogP contribution in [0.15, 0.2) is 17.5 Å². The molecule has 1 fully saturated rings. The molecule has 0 saturated heterocycles. The highest BCUT2D eigenvalue weighted by molar-refractivity contribution is 9.09. The van der Waals surface area contributed by atoms with Crippen molar-refractivity contribution >= 4 is 33.3 Å². The van der Waals surface area contributed by atoms with E-state index in [9.17, 15) is 0 Å². The molecule has 0 amide bonds. The Morgan fingerprint density at radius 3 is 2.94 bits per heavy atom. The predicted molar refractivity (Wildman–Crippen MR) is 83.4 cm³/mol. The van der Waals surface area contributed by atoms with E-state index in [2.05, 4.69) is 39.5 Å². The standard InChI is InChI=1S/C15H21BrOS/c16-10-5-4-8-15-13(9-11-18-15)12-17-14-6-2-1-3-7-14/h4,8-9,11,14H,1-3,5-7,10,12H2/b8-4+. The Bertz CT molecular complexity index is 366. The van der Waals surface area contributed by atoms with E-state index in [0.29, 0.717) is 6.10 Å². The van der Waals surface area contributed by atoms with Gasteiger partial charge in [0.25, 0.3) is 0 Å². The van der Waals surface area contributed by atoms with E-state index < -0.39 is 0 Å². The number of thiophene rings is 1. The number of allylic oxidation sites excluding steroid dienone is 1. The van der Waals surface area contributed by atoms with Gasteiger partial charge in [-0.1, -0.05) is 41.3 Å². The summed E-state index contributed by atoms with van der Waals surface area (Å²) < 4.78 is 6.04. The van der Waals surface area contributed by atoms with Crippen LogP contribution >= 0.6 is 27.3 Å². The first kappa shape index (κ1) is 14.3. The molecule has 0 spiro atoms. The van der Waals surface area contributed by atoms with Crippen LogP contribution in [-0.2, 0) is 11.3 Å². The minimum Gasteiger partial charge on any atom is -0.373 e. The summed E-state index contributed by atoms with van der Waals surface area (Å²) in [4.78, 5) is 1.35. The van der Waals surface area contributed by atoms with E-state index in [0.717, 1.165) is 18.4 Å². The van der Waals surface area contributed by atoms with Crippen molar-refractivity contribution in [3.63, 3.8) is 0 Å². The summed E-state index contributed by atoms with van der Waals surface area (Å²) in [5.74, 6) is 0. The van der Waals surface area contributed by atoms with Crippen molar-refractivity contribution in [2.24, 2.45) is 0 Å². The van der Waals surface area contributed by atoms with Crippen LogP contribution in [-0.4, -0.2) is 11.4 Å². The number of hydrogen-bond donors (Lipinski definition) is 0. The summed E-state index contributed by atoms with van der Waals surface area (Å²) in [5, 5.41) is 3.19. The lowest BCUT2D eigenvalue weighted by Gasteiger charge is -2.21. The number of ether oxygens (including phenoxy) is 1. The maximum atomic E-state index is 6.04. The van der Waals surface area contributed by atoms with E-state index in [1.165, 1.54) is 42.5 Å². The minimum atomic E-state index is 0.498. The van der Waals surface area contributed by atoms with Gasteiger partial charge in [0.1, 0.15) is 0 Å². The lowest BCUT2D eigenvalue weighted by Crippen LogP contribution is -2.16. The molecule has 0 aromatic carbocycles. The first-order valence-corrected chi connectivity index (χ1v) is 8.80. The molecule has 0 unspecified atom stereocenters. The SMILES string of the molecule is BrCC/C=C/c1sccc1COC1CCCCC1. The van der Waals surface area contributed by atoms with Crippen LogP contribution in [0.25, 0.3) is 6.08 Å². The Hall–Kier alpha value is -0.120. The van der Waals surface area contributed by atoms with Gasteiger partial charge in [-0.25, -0.2) is 0 Å². The van der Waals surface area contributed by atoms with Crippen LogP contribution in [0.4, 0.5) is 0 Å². The normalized spacial score (nSPS) is 17.6. The fraction of sp³-hybridized carbons (Fsp3) is 0.600. The topological polar surface area (TPSA) is 9.23 Å². The smallest absolute Gasteiger partial charge is 0.0734 e. The third-order valence-electron chi connectivity index (χ3n) is 3.35. The van der Waals surface area contributed by atoms with Gasteiger partial charge >= 0.3 is 0 Å². The zero-order chi connectivity index (χ0) is 12.6. The van der Waals surface area contributed by atoms with Crippen LogP contribution in [0.1, 0.15) is 49.0 Å². The molecule has 1 aromatic rings. The lowest BCUT2D eigenvalue weighted by molar-refractivity contribution is 0.0169. The molecule has 1 aliphatic rings. The molecule has 1 heterocycles. The van der Waals surface area contributed by atoms with Crippen LogP contribution in [0.5, 0.6) is 0 Å². The summed E-state index contributed by atoms with van der Waals surface area (Å²) in [7, 11) is 0. The quantitative estimate of drug-likeness (QED) is 0.635. The monoisotopic (exact) mass is 328 g/mol. The van der Waals surface area contributed by atoms with E-state index in [4.69, 9.17) is 4.74 Å². The van der Waals surface area contributed by atoms with E-state index in [1.807, 2.05) is 0 Å². The second-order valence-electron chi connectivity index (χ2n) is 4.76. The molecule has 18 heavy (non-hydrogen) atoms. The number of halogens is 1. The van der Waals surface area contributed by atoms with Crippen LogP contribution in [0, 0.1) is 0 Å². The molecular formula is C15H21BrOS. The van der Waals surface area contributed by atoms with Gasteiger partial charge in [-0.2, -0.15) is 0 Å². The van der Waals surface area contributed by atoms with Crippen LogP contribution in [0.2, 0.25) is 0 Å². The van der Waals surface area contributed by atoms with E-state index >= 15 is 0 Å². The van der Waals surface area contributed by atoms with Gasteiger partial charge in [-0.3, -0.25) is 0 Å². The first-order chi connectivity index (χ1) is 8.90. The first-order valence-electron chi connectivity index (χ1n) is 6.80. The average Bonchev–Trinajstić information content (AvgIpc) is 2.86. The molecule has 1 aromatic heterocycles. The molecule has 100 valence electrons. The second kappa shape index (κ2) is 8.13. The van der Waals surface area contributed by atoms with Gasteiger partial charge in [0.05, 0.1) is 12.7 Å². The average molecular weight is 329 g/mol. The van der Waals surface area contributed by atoms with Gasteiger partial charge in [0, 0.05) is 10.2 Å². The van der Waals surface area contributed by atoms with Gasteiger partial charge in [-0.05, 0) is 42.3 Å². The van der Waals surface area contributed by atoms with Crippen molar-refractivity contribution in [3.8, 4) is 0 Å². The summed E-state index contributed by atoms with van der Waals surface area (Å²) in [6.45, 7) is 0.780. The second-order valence-corrected chi connectivity index (χ2v) is 6.50. The molecule has 0 aliphatic heterocycles. The number of rotatable bonds is 6. The molecule has 1 nitrogen and oxygen atoms in total. The molecule has 1 aliphatic carbocycles. The Morgan fingerprint density at radius 2 is 2.17 bits per heavy atom. The van der Waals surface area contributed by atoms with Gasteiger partial charge in [-0.15, -0.1) is 11.3 Å². The Balaban J connectivity index is 1.83. The molecule has 0 bridgehead atoms. The number of alkyl halides is 1. The van der Waals surface area contributed by atoms with Crippen molar-refractivity contribution in [1.82, 2.24) is 0 Å². The fourth-order valence-electron chi connectivity index (χ4n) is 2.31. The highest BCUT2D eigenvalue weighted by Crippen LogP contribution is 2.24. The van der Waals surface area contributed by atoms with E-state index in [1.54, 1.807) is 11.3 Å². The lowest BCUT2D eigenvalue weighted by atomic mass is 9.98. The third kappa shape index (κ3) is 4.52. The molecule has 0 atom stereocenters. The number of hydrogen-bond acceptors (Lipinski definition) is 2. The summed E-state index contributed by atoms with van der Waals surface area (Å²) in [6, 6.07) is 2.20. The Kier molecular flexibility index (Phi) is 6.46. The van der Waals surface area contributed by atoms with Gasteiger partial charge < -0.3 is 4.74 Å². The minimum absolute atomic E-state index is 0.498. The maximum Gasteiger partial charge on any atom is 0.0734 e. The van der Waals surface area contributed by atoms with Crippen molar-refractivity contribution in [3.05, 3.63) is 28.0 Å². The molecular weight excluding hydrogens is 308 g/mol. The van der Waals surface area contributed by atoms with Crippen LogP contribution < -0.4 is 0 Å². The maximum absolute atomic E-state index is 6.04. The third-order valence-corrected chi connectivity index (χ3v) is 4.73. The zero-order valence-corrected chi connectivity index (χ0v) is 13.1. The largest absolute Gasteiger partial charge is 0.373 e. The predicted octanol–water partition coefficient (Wildman–Crippen LogP) is 5.40. The van der Waals surface area contributed by atoms with Gasteiger partial charge in [0.2, 0.25) is 0 Å². The summed E-state index contributed by atoms with van der Waals surface area (Å²) in [6.07, 6.45) is 12.6. The fourth-order valence-corrected chi connectivity index (χ4v) is 3.40. The zero-order valence-electron chi connectivity index (χ0n) is 10.7. The summed E-state index contributed by atoms with van der Waals surface area (Å²) >= 11 is 5.25. The van der Waals surface area contributed by atoms with E-state index in [-0.39, 0.29) is 0 Å². The Labute approximate surface area is 122 Å². The van der Waals surface area contributed by atoms with Crippen molar-refractivity contribution in [2.75, 3.05) is 5.33 Å². The summed E-state index contributed by atoms with van der Waals surface area (Å²) in [5.41, 5.74) is 1.34. The van der Waals surface area contributed by atoms with Crippen molar-refractivity contribution in [2.45, 2.75) is 51.2 Å². The van der Waals surface area contributed by atoms with Crippen molar-refractivity contribution in [1.29, 1.82) is 0 Å². The molecule has 0 N–H and O–H groups in total.